The summed E-state index contributed by atoms with van der Waals surface area (Å²) in [5.41, 5.74) is 0. The molecule has 0 spiro atoms. The van der Waals surface area contributed by atoms with Crippen LogP contribution in [0.3, 0.4) is 0 Å². The third-order valence-electron chi connectivity index (χ3n) is 1.32. The van der Waals surface area contributed by atoms with Gasteiger partial charge in [-0.2, -0.15) is 5.26 Å². The van der Waals surface area contributed by atoms with Gasteiger partial charge >= 0.3 is 0 Å². The minimum atomic E-state index is -0.0509. The highest BCUT2D eigenvalue weighted by molar-refractivity contribution is 5.53. The smallest absolute Gasteiger partial charge is 0.124 e. The average molecular weight is 139 g/mol. The first-order valence-corrected chi connectivity index (χ1v) is 3.53. The molecular formula is C8H13NO. The van der Waals surface area contributed by atoms with Crippen molar-refractivity contribution >= 4 is 6.29 Å². The van der Waals surface area contributed by atoms with Crippen LogP contribution < -0.4 is 0 Å². The van der Waals surface area contributed by atoms with Gasteiger partial charge in [0.15, 0.2) is 0 Å². The van der Waals surface area contributed by atoms with Crippen molar-refractivity contribution < 1.29 is 4.79 Å². The maximum atomic E-state index is 10.3. The standard InChI is InChI=1S/C8H13NO/c1-7(2)5-8(6-10)3-4-9/h6-8H,3,5H2,1-2H3/t8-/m0/s1. The van der Waals surface area contributed by atoms with Gasteiger partial charge in [-0.25, -0.2) is 0 Å². The molecular weight excluding hydrogens is 126 g/mol. The van der Waals surface area contributed by atoms with Crippen molar-refractivity contribution in [2.45, 2.75) is 26.7 Å². The van der Waals surface area contributed by atoms with E-state index in [1.165, 1.54) is 0 Å². The summed E-state index contributed by atoms with van der Waals surface area (Å²) in [5.74, 6) is 0.452. The number of rotatable bonds is 4. The second kappa shape index (κ2) is 4.99. The molecule has 0 bridgehead atoms. The fraction of sp³-hybridized carbons (Fsp3) is 0.750. The molecule has 0 unspecified atom stereocenters. The predicted molar refractivity (Wildman–Crippen MR) is 39.2 cm³/mol. The Bertz CT molecular complexity index is 135. The quantitative estimate of drug-likeness (QED) is 0.557. The zero-order valence-electron chi connectivity index (χ0n) is 6.50. The first kappa shape index (κ1) is 9.16. The van der Waals surface area contributed by atoms with E-state index in [2.05, 4.69) is 0 Å². The highest BCUT2D eigenvalue weighted by atomic mass is 16.1. The first-order valence-electron chi connectivity index (χ1n) is 3.53. The van der Waals surface area contributed by atoms with Gasteiger partial charge in [0.05, 0.1) is 6.07 Å². The van der Waals surface area contributed by atoms with Crippen molar-refractivity contribution in [1.29, 1.82) is 5.26 Å². The second-order valence-corrected chi connectivity index (χ2v) is 2.89. The van der Waals surface area contributed by atoms with Crippen LogP contribution >= 0.6 is 0 Å². The van der Waals surface area contributed by atoms with Crippen molar-refractivity contribution in [3.8, 4) is 6.07 Å². The molecule has 0 amide bonds. The lowest BCUT2D eigenvalue weighted by atomic mass is 9.96. The molecule has 0 aromatic rings. The van der Waals surface area contributed by atoms with Crippen LogP contribution in [0, 0.1) is 23.2 Å². The molecule has 2 nitrogen and oxygen atoms in total. The molecule has 0 fully saturated rings. The van der Waals surface area contributed by atoms with E-state index in [0.29, 0.717) is 12.3 Å². The van der Waals surface area contributed by atoms with Crippen LogP contribution in [0.2, 0.25) is 0 Å². The van der Waals surface area contributed by atoms with Crippen molar-refractivity contribution in [2.75, 3.05) is 0 Å². The Kier molecular flexibility index (Phi) is 4.57. The lowest BCUT2D eigenvalue weighted by molar-refractivity contribution is -0.111. The number of carbonyl (C=O) groups excluding carboxylic acids is 1. The fourth-order valence-corrected chi connectivity index (χ4v) is 0.910. The van der Waals surface area contributed by atoms with Gasteiger partial charge in [-0.3, -0.25) is 0 Å². The Balaban J connectivity index is 3.62. The van der Waals surface area contributed by atoms with Crippen molar-refractivity contribution in [3.63, 3.8) is 0 Å². The zero-order chi connectivity index (χ0) is 7.98. The summed E-state index contributed by atoms with van der Waals surface area (Å²) in [5, 5.41) is 8.27. The number of carbonyl (C=O) groups is 1. The van der Waals surface area contributed by atoms with Crippen LogP contribution in [-0.4, -0.2) is 6.29 Å². The van der Waals surface area contributed by atoms with Crippen LogP contribution in [0.25, 0.3) is 0 Å². The lowest BCUT2D eigenvalue weighted by Crippen LogP contribution is -2.04. The average Bonchev–Trinajstić information content (AvgIpc) is 1.86. The van der Waals surface area contributed by atoms with Gasteiger partial charge in [0.1, 0.15) is 6.29 Å². The summed E-state index contributed by atoms with van der Waals surface area (Å²) < 4.78 is 0. The Labute approximate surface area is 61.8 Å². The minimum absolute atomic E-state index is 0.0509. The molecule has 1 atom stereocenters. The molecule has 0 saturated heterocycles. The summed E-state index contributed by atoms with van der Waals surface area (Å²) in [6, 6.07) is 1.99. The van der Waals surface area contributed by atoms with Gasteiger partial charge in [0.2, 0.25) is 0 Å². The second-order valence-electron chi connectivity index (χ2n) is 2.89. The monoisotopic (exact) mass is 139 g/mol. The maximum Gasteiger partial charge on any atom is 0.124 e. The largest absolute Gasteiger partial charge is 0.303 e. The summed E-state index contributed by atoms with van der Waals surface area (Å²) in [7, 11) is 0. The zero-order valence-corrected chi connectivity index (χ0v) is 6.50. The summed E-state index contributed by atoms with van der Waals surface area (Å²) in [6.45, 7) is 4.10. The highest BCUT2D eigenvalue weighted by Crippen LogP contribution is 2.11. The lowest BCUT2D eigenvalue weighted by Gasteiger charge is -2.07. The van der Waals surface area contributed by atoms with E-state index in [4.69, 9.17) is 5.26 Å². The Hall–Kier alpha value is -0.840. The molecule has 0 aliphatic heterocycles. The summed E-state index contributed by atoms with van der Waals surface area (Å²) in [4.78, 5) is 10.3. The van der Waals surface area contributed by atoms with E-state index in [1.54, 1.807) is 0 Å². The van der Waals surface area contributed by atoms with E-state index in [1.807, 2.05) is 19.9 Å². The molecule has 0 aliphatic rings. The molecule has 0 aromatic heterocycles. The first-order chi connectivity index (χ1) is 4.70. The van der Waals surface area contributed by atoms with E-state index >= 15 is 0 Å². The molecule has 0 rings (SSSR count). The van der Waals surface area contributed by atoms with Gasteiger partial charge in [0.25, 0.3) is 0 Å². The van der Waals surface area contributed by atoms with Crippen molar-refractivity contribution in [1.82, 2.24) is 0 Å². The van der Waals surface area contributed by atoms with Crippen LogP contribution in [0.4, 0.5) is 0 Å². The molecule has 0 radical (unpaired) electrons. The van der Waals surface area contributed by atoms with Gasteiger partial charge < -0.3 is 4.79 Å². The van der Waals surface area contributed by atoms with Crippen molar-refractivity contribution in [2.24, 2.45) is 11.8 Å². The van der Waals surface area contributed by atoms with Gasteiger partial charge in [-0.15, -0.1) is 0 Å². The third kappa shape index (κ3) is 4.08. The maximum absolute atomic E-state index is 10.3. The van der Waals surface area contributed by atoms with Crippen LogP contribution in [-0.2, 0) is 4.79 Å². The predicted octanol–water partition coefficient (Wildman–Crippen LogP) is 1.76. The third-order valence-corrected chi connectivity index (χ3v) is 1.32. The van der Waals surface area contributed by atoms with E-state index in [0.717, 1.165) is 12.7 Å². The molecule has 0 N–H and O–H groups in total. The SMILES string of the molecule is CC(C)C[C@@H](C=O)CC#N. The summed E-state index contributed by atoms with van der Waals surface area (Å²) >= 11 is 0. The molecule has 10 heavy (non-hydrogen) atoms. The number of hydrogen-bond acceptors (Lipinski definition) is 2. The molecule has 0 saturated carbocycles. The number of nitrogens with zero attached hydrogens (tertiary/aromatic N) is 1. The Morgan fingerprint density at radius 1 is 1.60 bits per heavy atom. The molecule has 0 heterocycles. The van der Waals surface area contributed by atoms with Crippen LogP contribution in [0.5, 0.6) is 0 Å². The topological polar surface area (TPSA) is 40.9 Å². The molecule has 0 aliphatic carbocycles. The molecule has 56 valence electrons. The van der Waals surface area contributed by atoms with E-state index < -0.39 is 0 Å². The fourth-order valence-electron chi connectivity index (χ4n) is 0.910. The summed E-state index contributed by atoms with van der Waals surface area (Å²) in [6.07, 6.45) is 2.07. The molecule has 0 aromatic carbocycles. The number of nitriles is 1. The minimum Gasteiger partial charge on any atom is -0.303 e. The number of hydrogen-bond donors (Lipinski definition) is 0. The van der Waals surface area contributed by atoms with Gasteiger partial charge in [-0.1, -0.05) is 13.8 Å². The molecule has 2 heteroatoms. The van der Waals surface area contributed by atoms with Crippen LogP contribution in [0.1, 0.15) is 26.7 Å². The number of aldehydes is 1. The van der Waals surface area contributed by atoms with Gasteiger partial charge in [0, 0.05) is 12.3 Å². The van der Waals surface area contributed by atoms with E-state index in [-0.39, 0.29) is 5.92 Å². The highest BCUT2D eigenvalue weighted by Gasteiger charge is 2.07. The van der Waals surface area contributed by atoms with Crippen molar-refractivity contribution in [3.05, 3.63) is 0 Å². The Morgan fingerprint density at radius 3 is 2.50 bits per heavy atom. The van der Waals surface area contributed by atoms with E-state index in [9.17, 15) is 4.79 Å². The van der Waals surface area contributed by atoms with Crippen LogP contribution in [0.15, 0.2) is 0 Å². The normalized spacial score (nSPS) is 12.6. The Morgan fingerprint density at radius 2 is 2.20 bits per heavy atom. The van der Waals surface area contributed by atoms with Gasteiger partial charge in [-0.05, 0) is 12.3 Å².